The third kappa shape index (κ3) is 3.31. The molecule has 0 aliphatic carbocycles. The van der Waals surface area contributed by atoms with Gasteiger partial charge < -0.3 is 5.32 Å². The number of benzene rings is 2. The van der Waals surface area contributed by atoms with Crippen molar-refractivity contribution >= 4 is 22.5 Å². The first-order chi connectivity index (χ1) is 10.7. The first-order valence-electron chi connectivity index (χ1n) is 7.41. The van der Waals surface area contributed by atoms with E-state index in [2.05, 4.69) is 41.5 Å². The molecule has 3 nitrogen and oxygen atoms in total. The average Bonchev–Trinajstić information content (AvgIpc) is 2.55. The Morgan fingerprint density at radius 1 is 1.05 bits per heavy atom. The van der Waals surface area contributed by atoms with Gasteiger partial charge in [-0.1, -0.05) is 48.0 Å². The minimum Gasteiger partial charge on any atom is -0.324 e. The summed E-state index contributed by atoms with van der Waals surface area (Å²) in [7, 11) is 0. The van der Waals surface area contributed by atoms with E-state index in [0.717, 1.165) is 23.0 Å². The molecule has 1 amide bonds. The van der Waals surface area contributed by atoms with Gasteiger partial charge in [0, 0.05) is 18.0 Å². The highest BCUT2D eigenvalue weighted by Crippen LogP contribution is 2.20. The number of rotatable bonds is 4. The number of anilines is 1. The predicted molar refractivity (Wildman–Crippen MR) is 89.9 cm³/mol. The lowest BCUT2D eigenvalue weighted by Crippen LogP contribution is -2.12. The van der Waals surface area contributed by atoms with Gasteiger partial charge in [0.05, 0.1) is 11.2 Å². The summed E-state index contributed by atoms with van der Waals surface area (Å²) in [5.41, 5.74) is 4.01. The van der Waals surface area contributed by atoms with E-state index in [1.165, 1.54) is 11.1 Å². The first kappa shape index (κ1) is 14.3. The second-order valence-corrected chi connectivity index (χ2v) is 5.41. The Morgan fingerprint density at radius 2 is 1.82 bits per heavy atom. The van der Waals surface area contributed by atoms with Crippen molar-refractivity contribution in [1.82, 2.24) is 4.98 Å². The lowest BCUT2D eigenvalue weighted by molar-refractivity contribution is -0.116. The van der Waals surface area contributed by atoms with E-state index >= 15 is 0 Å². The van der Waals surface area contributed by atoms with Crippen LogP contribution in [0.5, 0.6) is 0 Å². The fourth-order valence-electron chi connectivity index (χ4n) is 2.43. The number of pyridine rings is 1. The number of carbonyl (C=O) groups is 1. The van der Waals surface area contributed by atoms with E-state index in [1.54, 1.807) is 6.20 Å². The number of aromatic nitrogens is 1. The van der Waals surface area contributed by atoms with Crippen LogP contribution in [0.3, 0.4) is 0 Å². The number of carbonyl (C=O) groups excluding carboxylic acids is 1. The van der Waals surface area contributed by atoms with Gasteiger partial charge in [-0.25, -0.2) is 0 Å². The van der Waals surface area contributed by atoms with Gasteiger partial charge in [0.2, 0.25) is 5.91 Å². The maximum Gasteiger partial charge on any atom is 0.224 e. The van der Waals surface area contributed by atoms with Crippen LogP contribution in [0.25, 0.3) is 10.9 Å². The minimum atomic E-state index is 0.0127. The van der Waals surface area contributed by atoms with E-state index < -0.39 is 0 Å². The lowest BCUT2D eigenvalue weighted by Gasteiger charge is -2.08. The zero-order valence-electron chi connectivity index (χ0n) is 12.5. The van der Waals surface area contributed by atoms with Crippen LogP contribution >= 0.6 is 0 Å². The number of nitrogens with one attached hydrogen (secondary N) is 1. The van der Waals surface area contributed by atoms with Crippen LogP contribution in [-0.4, -0.2) is 10.9 Å². The minimum absolute atomic E-state index is 0.0127. The van der Waals surface area contributed by atoms with Gasteiger partial charge >= 0.3 is 0 Å². The van der Waals surface area contributed by atoms with Gasteiger partial charge in [-0.15, -0.1) is 0 Å². The topological polar surface area (TPSA) is 42.0 Å². The van der Waals surface area contributed by atoms with Crippen LogP contribution in [0.1, 0.15) is 17.5 Å². The molecule has 0 atom stereocenters. The van der Waals surface area contributed by atoms with Gasteiger partial charge in [-0.3, -0.25) is 9.78 Å². The Hall–Kier alpha value is -2.68. The molecular formula is C19H18N2O. The van der Waals surface area contributed by atoms with E-state index in [9.17, 15) is 4.79 Å². The lowest BCUT2D eigenvalue weighted by atomic mass is 10.1. The van der Waals surface area contributed by atoms with Crippen molar-refractivity contribution in [2.45, 2.75) is 19.8 Å². The van der Waals surface area contributed by atoms with Crippen LogP contribution in [0, 0.1) is 6.92 Å². The molecule has 0 unspecified atom stereocenters. The van der Waals surface area contributed by atoms with Crippen LogP contribution in [0.4, 0.5) is 5.69 Å². The first-order valence-corrected chi connectivity index (χ1v) is 7.41. The Bertz CT molecular complexity index is 789. The molecule has 0 radical (unpaired) electrons. The van der Waals surface area contributed by atoms with Crippen LogP contribution in [-0.2, 0) is 11.2 Å². The molecule has 1 aromatic heterocycles. The number of nitrogens with zero attached hydrogens (tertiary/aromatic N) is 1. The average molecular weight is 290 g/mol. The molecule has 0 aliphatic rings. The highest BCUT2D eigenvalue weighted by molar-refractivity contribution is 6.00. The summed E-state index contributed by atoms with van der Waals surface area (Å²) >= 11 is 0. The zero-order valence-corrected chi connectivity index (χ0v) is 12.5. The molecule has 0 saturated heterocycles. The Morgan fingerprint density at radius 3 is 2.64 bits per heavy atom. The number of fused-ring (bicyclic) bond motifs is 1. The largest absolute Gasteiger partial charge is 0.324 e. The Balaban J connectivity index is 1.67. The van der Waals surface area contributed by atoms with Crippen LogP contribution < -0.4 is 5.32 Å². The van der Waals surface area contributed by atoms with E-state index in [0.29, 0.717) is 6.42 Å². The molecule has 0 saturated carbocycles. The van der Waals surface area contributed by atoms with Crippen molar-refractivity contribution in [3.05, 3.63) is 71.9 Å². The van der Waals surface area contributed by atoms with Crippen LogP contribution in [0.15, 0.2) is 60.8 Å². The molecule has 1 N–H and O–H groups in total. The summed E-state index contributed by atoms with van der Waals surface area (Å²) in [6, 6.07) is 18.0. The quantitative estimate of drug-likeness (QED) is 0.785. The third-order valence-electron chi connectivity index (χ3n) is 3.67. The maximum absolute atomic E-state index is 12.2. The second-order valence-electron chi connectivity index (χ2n) is 5.41. The smallest absolute Gasteiger partial charge is 0.224 e. The predicted octanol–water partition coefficient (Wildman–Crippen LogP) is 4.11. The van der Waals surface area contributed by atoms with E-state index in [4.69, 9.17) is 0 Å². The van der Waals surface area contributed by atoms with Crippen molar-refractivity contribution < 1.29 is 4.79 Å². The normalized spacial score (nSPS) is 10.6. The molecule has 0 spiro atoms. The summed E-state index contributed by atoms with van der Waals surface area (Å²) < 4.78 is 0. The SMILES string of the molecule is Cc1ccc(CCC(=O)Nc2cccc3cccnc23)cc1. The monoisotopic (exact) mass is 290 g/mol. The van der Waals surface area contributed by atoms with Crippen LogP contribution in [0.2, 0.25) is 0 Å². The molecular weight excluding hydrogens is 272 g/mol. The summed E-state index contributed by atoms with van der Waals surface area (Å²) in [6.45, 7) is 2.06. The number of hydrogen-bond donors (Lipinski definition) is 1. The molecule has 0 bridgehead atoms. The van der Waals surface area contributed by atoms with Crippen molar-refractivity contribution in [2.24, 2.45) is 0 Å². The van der Waals surface area contributed by atoms with Gasteiger partial charge in [-0.05, 0) is 31.0 Å². The third-order valence-corrected chi connectivity index (χ3v) is 3.67. The highest BCUT2D eigenvalue weighted by Gasteiger charge is 2.06. The molecule has 3 aromatic rings. The van der Waals surface area contributed by atoms with E-state index in [1.807, 2.05) is 30.3 Å². The number of hydrogen-bond acceptors (Lipinski definition) is 2. The van der Waals surface area contributed by atoms with Gasteiger partial charge in [-0.2, -0.15) is 0 Å². The van der Waals surface area contributed by atoms with Crippen molar-refractivity contribution in [2.75, 3.05) is 5.32 Å². The summed E-state index contributed by atoms with van der Waals surface area (Å²) in [5.74, 6) is 0.0127. The Labute approximate surface area is 130 Å². The highest BCUT2D eigenvalue weighted by atomic mass is 16.1. The summed E-state index contributed by atoms with van der Waals surface area (Å²) in [6.07, 6.45) is 2.95. The van der Waals surface area contributed by atoms with Gasteiger partial charge in [0.25, 0.3) is 0 Å². The molecule has 22 heavy (non-hydrogen) atoms. The van der Waals surface area contributed by atoms with E-state index in [-0.39, 0.29) is 5.91 Å². The number of aryl methyl sites for hydroxylation is 2. The fourth-order valence-corrected chi connectivity index (χ4v) is 2.43. The van der Waals surface area contributed by atoms with Crippen molar-refractivity contribution in [3.63, 3.8) is 0 Å². The molecule has 3 rings (SSSR count). The summed E-state index contributed by atoms with van der Waals surface area (Å²) in [4.78, 5) is 16.5. The molecule has 0 aliphatic heterocycles. The summed E-state index contributed by atoms with van der Waals surface area (Å²) in [5, 5.41) is 3.99. The number of para-hydroxylation sites is 1. The molecule has 0 fully saturated rings. The standard InChI is InChI=1S/C19H18N2O/c1-14-7-9-15(10-8-14)11-12-18(22)21-17-6-2-4-16-5-3-13-20-19(16)17/h2-10,13H,11-12H2,1H3,(H,21,22). The van der Waals surface area contributed by atoms with Crippen molar-refractivity contribution in [1.29, 1.82) is 0 Å². The second kappa shape index (κ2) is 6.39. The van der Waals surface area contributed by atoms with Crippen molar-refractivity contribution in [3.8, 4) is 0 Å². The maximum atomic E-state index is 12.2. The molecule has 2 aromatic carbocycles. The number of amides is 1. The van der Waals surface area contributed by atoms with Gasteiger partial charge in [0.15, 0.2) is 0 Å². The fraction of sp³-hybridized carbons (Fsp3) is 0.158. The molecule has 110 valence electrons. The molecule has 1 heterocycles. The zero-order chi connectivity index (χ0) is 15.4. The van der Waals surface area contributed by atoms with Gasteiger partial charge in [0.1, 0.15) is 0 Å². The Kier molecular flexibility index (Phi) is 4.15. The molecule has 3 heteroatoms.